The smallest absolute Gasteiger partial charge is 0.224 e. The molecular weight excluding hydrogens is 114 g/mol. The van der Waals surface area contributed by atoms with Gasteiger partial charge in [-0.25, -0.2) is 0 Å². The van der Waals surface area contributed by atoms with E-state index in [1.807, 2.05) is 18.2 Å². The van der Waals surface area contributed by atoms with E-state index in [2.05, 4.69) is 0 Å². The van der Waals surface area contributed by atoms with Crippen LogP contribution in [0.5, 0.6) is 0 Å². The van der Waals surface area contributed by atoms with Crippen LogP contribution in [0.2, 0.25) is 0 Å². The lowest BCUT2D eigenvalue weighted by Gasteiger charge is -2.14. The molecule has 1 radical (unpaired) electrons. The van der Waals surface area contributed by atoms with Crippen molar-refractivity contribution in [1.29, 1.82) is 0 Å². The summed E-state index contributed by atoms with van der Waals surface area (Å²) in [4.78, 5) is 12.1. The summed E-state index contributed by atoms with van der Waals surface area (Å²) in [6.07, 6.45) is 7.24. The van der Waals surface area contributed by atoms with E-state index < -0.39 is 0 Å². The van der Waals surface area contributed by atoms with E-state index in [-0.39, 0.29) is 5.91 Å². The van der Waals surface area contributed by atoms with Gasteiger partial charge in [-0.05, 0) is 6.08 Å². The van der Waals surface area contributed by atoms with E-state index in [1.165, 1.54) is 11.8 Å². The Hall–Kier alpha value is -1.05. The van der Waals surface area contributed by atoms with Crippen molar-refractivity contribution in [2.45, 2.75) is 6.92 Å². The van der Waals surface area contributed by atoms with E-state index in [0.29, 0.717) is 0 Å². The maximum atomic E-state index is 10.6. The molecular formula is C7H8NO. The molecule has 0 saturated carbocycles. The average molecular weight is 122 g/mol. The minimum Gasteiger partial charge on any atom is -0.310 e. The Kier molecular flexibility index (Phi) is 1.68. The molecule has 0 spiro atoms. The van der Waals surface area contributed by atoms with Crippen LogP contribution >= 0.6 is 0 Å². The van der Waals surface area contributed by atoms with E-state index in [9.17, 15) is 4.79 Å². The van der Waals surface area contributed by atoms with Crippen LogP contribution in [-0.2, 0) is 4.79 Å². The highest BCUT2D eigenvalue weighted by molar-refractivity contribution is 5.75. The van der Waals surface area contributed by atoms with Gasteiger partial charge >= 0.3 is 0 Å². The third-order valence-corrected chi connectivity index (χ3v) is 1.08. The van der Waals surface area contributed by atoms with Crippen LogP contribution in [0.4, 0.5) is 0 Å². The topological polar surface area (TPSA) is 20.3 Å². The Morgan fingerprint density at radius 1 is 1.33 bits per heavy atom. The van der Waals surface area contributed by atoms with Crippen LogP contribution in [0, 0.1) is 6.54 Å². The van der Waals surface area contributed by atoms with Crippen molar-refractivity contribution in [3.63, 3.8) is 0 Å². The van der Waals surface area contributed by atoms with Gasteiger partial charge in [0.05, 0.1) is 6.54 Å². The number of allylic oxidation sites excluding steroid dienone is 2. The zero-order valence-corrected chi connectivity index (χ0v) is 5.24. The number of hydrogen-bond acceptors (Lipinski definition) is 1. The first-order chi connectivity index (χ1) is 4.30. The minimum absolute atomic E-state index is 0.0376. The Morgan fingerprint density at radius 3 is 2.44 bits per heavy atom. The van der Waals surface area contributed by atoms with Gasteiger partial charge in [-0.3, -0.25) is 4.79 Å². The zero-order valence-electron chi connectivity index (χ0n) is 5.24. The van der Waals surface area contributed by atoms with Gasteiger partial charge in [0.2, 0.25) is 5.91 Å². The van der Waals surface area contributed by atoms with Crippen molar-refractivity contribution in [2.24, 2.45) is 0 Å². The van der Waals surface area contributed by atoms with Crippen LogP contribution in [0.3, 0.4) is 0 Å². The molecule has 2 heteroatoms. The van der Waals surface area contributed by atoms with Gasteiger partial charge in [-0.2, -0.15) is 0 Å². The van der Waals surface area contributed by atoms with Crippen LogP contribution < -0.4 is 0 Å². The standard InChI is InChI=1S/C7H8NO/c1-7(9)8-5-3-2-4-6-8/h2-6H,1H3. The second kappa shape index (κ2) is 2.49. The summed E-state index contributed by atoms with van der Waals surface area (Å²) in [5.74, 6) is 0.0376. The lowest BCUT2D eigenvalue weighted by molar-refractivity contribution is -0.124. The predicted molar refractivity (Wildman–Crippen MR) is 35.1 cm³/mol. The average Bonchev–Trinajstić information content (AvgIpc) is 1.90. The second-order valence-corrected chi connectivity index (χ2v) is 1.80. The summed E-state index contributed by atoms with van der Waals surface area (Å²) < 4.78 is 0. The molecule has 1 heterocycles. The Bertz CT molecular complexity index is 170. The van der Waals surface area contributed by atoms with Crippen molar-refractivity contribution in [1.82, 2.24) is 4.90 Å². The first kappa shape index (κ1) is 6.08. The first-order valence-corrected chi connectivity index (χ1v) is 2.78. The van der Waals surface area contributed by atoms with Gasteiger partial charge in [-0.1, -0.05) is 12.2 Å². The summed E-state index contributed by atoms with van der Waals surface area (Å²) in [6, 6.07) is 0. The number of carbonyl (C=O) groups excluding carboxylic acids is 1. The summed E-state index contributed by atoms with van der Waals surface area (Å²) in [6.45, 7) is 3.25. The van der Waals surface area contributed by atoms with Crippen LogP contribution in [0.15, 0.2) is 24.4 Å². The molecule has 0 aliphatic carbocycles. The minimum atomic E-state index is 0.0376. The van der Waals surface area contributed by atoms with Gasteiger partial charge in [0.25, 0.3) is 0 Å². The van der Waals surface area contributed by atoms with E-state index in [1.54, 1.807) is 12.7 Å². The molecule has 1 aliphatic heterocycles. The molecule has 47 valence electrons. The molecule has 0 aromatic rings. The largest absolute Gasteiger partial charge is 0.310 e. The van der Waals surface area contributed by atoms with Gasteiger partial charge < -0.3 is 4.90 Å². The third-order valence-electron chi connectivity index (χ3n) is 1.08. The van der Waals surface area contributed by atoms with E-state index in [0.717, 1.165) is 0 Å². The normalized spacial score (nSPS) is 16.3. The summed E-state index contributed by atoms with van der Waals surface area (Å²) >= 11 is 0. The molecule has 1 amide bonds. The number of nitrogens with zero attached hydrogens (tertiary/aromatic N) is 1. The molecule has 0 saturated heterocycles. The zero-order chi connectivity index (χ0) is 6.69. The summed E-state index contributed by atoms with van der Waals surface area (Å²) in [5, 5.41) is 0. The monoisotopic (exact) mass is 122 g/mol. The third kappa shape index (κ3) is 1.42. The fourth-order valence-electron chi connectivity index (χ4n) is 0.609. The maximum Gasteiger partial charge on any atom is 0.224 e. The molecule has 2 nitrogen and oxygen atoms in total. The van der Waals surface area contributed by atoms with Crippen LogP contribution in [0.1, 0.15) is 6.92 Å². The van der Waals surface area contributed by atoms with Crippen molar-refractivity contribution in [2.75, 3.05) is 0 Å². The fraction of sp³-hybridized carbons (Fsp3) is 0.143. The molecule has 1 rings (SSSR count). The Balaban J connectivity index is 2.56. The molecule has 0 fully saturated rings. The number of carbonyl (C=O) groups is 1. The van der Waals surface area contributed by atoms with Crippen LogP contribution in [-0.4, -0.2) is 10.8 Å². The number of hydrogen-bond donors (Lipinski definition) is 0. The van der Waals surface area contributed by atoms with Crippen molar-refractivity contribution in [3.05, 3.63) is 31.0 Å². The predicted octanol–water partition coefficient (Wildman–Crippen LogP) is 1.08. The van der Waals surface area contributed by atoms with E-state index in [4.69, 9.17) is 0 Å². The Labute approximate surface area is 54.5 Å². The van der Waals surface area contributed by atoms with Gasteiger partial charge in [0.15, 0.2) is 0 Å². The van der Waals surface area contributed by atoms with Crippen molar-refractivity contribution >= 4 is 5.91 Å². The fourth-order valence-corrected chi connectivity index (χ4v) is 0.609. The molecule has 0 aromatic heterocycles. The molecule has 9 heavy (non-hydrogen) atoms. The van der Waals surface area contributed by atoms with Crippen LogP contribution in [0.25, 0.3) is 0 Å². The molecule has 0 N–H and O–H groups in total. The first-order valence-electron chi connectivity index (χ1n) is 2.78. The van der Waals surface area contributed by atoms with Crippen molar-refractivity contribution < 1.29 is 4.79 Å². The van der Waals surface area contributed by atoms with Crippen molar-refractivity contribution in [3.8, 4) is 0 Å². The molecule has 0 unspecified atom stereocenters. The molecule has 0 aromatic carbocycles. The second-order valence-electron chi connectivity index (χ2n) is 1.80. The SMILES string of the molecule is CC(=O)N1[CH]C=CC=C1. The number of amides is 1. The highest BCUT2D eigenvalue weighted by Crippen LogP contribution is 2.01. The summed E-state index contributed by atoms with van der Waals surface area (Å²) in [5.41, 5.74) is 0. The molecule has 1 aliphatic rings. The molecule has 0 atom stereocenters. The quantitative estimate of drug-likeness (QED) is 0.470. The maximum absolute atomic E-state index is 10.6. The van der Waals surface area contributed by atoms with E-state index >= 15 is 0 Å². The summed E-state index contributed by atoms with van der Waals surface area (Å²) in [7, 11) is 0. The Morgan fingerprint density at radius 2 is 2.11 bits per heavy atom. The highest BCUT2D eigenvalue weighted by Gasteiger charge is 2.02. The lowest BCUT2D eigenvalue weighted by Crippen LogP contribution is -2.19. The lowest BCUT2D eigenvalue weighted by atomic mass is 10.3. The van der Waals surface area contributed by atoms with Gasteiger partial charge in [0, 0.05) is 13.1 Å². The number of rotatable bonds is 0. The van der Waals surface area contributed by atoms with Gasteiger partial charge in [-0.15, -0.1) is 0 Å². The molecule has 0 bridgehead atoms. The van der Waals surface area contributed by atoms with Gasteiger partial charge in [0.1, 0.15) is 0 Å². The highest BCUT2D eigenvalue weighted by atomic mass is 16.2.